The van der Waals surface area contributed by atoms with Crippen molar-refractivity contribution in [3.8, 4) is 0 Å². The number of piperidine rings is 1. The first kappa shape index (κ1) is 14.0. The van der Waals surface area contributed by atoms with Gasteiger partial charge in [0.15, 0.2) is 0 Å². The molecule has 0 aromatic heterocycles. The second-order valence-electron chi connectivity index (χ2n) is 5.42. The minimum absolute atomic E-state index is 0.0309. The van der Waals surface area contributed by atoms with E-state index in [2.05, 4.69) is 17.6 Å². The lowest BCUT2D eigenvalue weighted by Crippen LogP contribution is -2.48. The van der Waals surface area contributed by atoms with E-state index in [4.69, 9.17) is 0 Å². The Labute approximate surface area is 113 Å². The maximum absolute atomic E-state index is 12.8. The number of hydrogen-bond donors (Lipinski definition) is 2. The molecule has 1 aromatic carbocycles. The summed E-state index contributed by atoms with van der Waals surface area (Å²) in [5, 5.41) is 6.23. The number of hydrogen-bond acceptors (Lipinski definition) is 2. The molecule has 0 spiro atoms. The smallest absolute Gasteiger partial charge is 0.237 e. The second kappa shape index (κ2) is 6.15. The largest absolute Gasteiger partial charge is 0.348 e. The molecular formula is C15H21FN2O. The molecule has 3 atom stereocenters. The molecule has 1 aliphatic rings. The fourth-order valence-corrected chi connectivity index (χ4v) is 2.46. The third kappa shape index (κ3) is 3.77. The molecule has 1 fully saturated rings. The fourth-order valence-electron chi connectivity index (χ4n) is 2.46. The molecule has 0 saturated carbocycles. The maximum Gasteiger partial charge on any atom is 0.237 e. The van der Waals surface area contributed by atoms with Gasteiger partial charge in [-0.05, 0) is 49.9 Å². The number of rotatable bonds is 3. The molecule has 0 aliphatic carbocycles. The van der Waals surface area contributed by atoms with Crippen LogP contribution in [0.4, 0.5) is 4.39 Å². The number of benzene rings is 1. The predicted molar refractivity (Wildman–Crippen MR) is 73.1 cm³/mol. The van der Waals surface area contributed by atoms with Crippen molar-refractivity contribution in [2.45, 2.75) is 38.8 Å². The fraction of sp³-hybridized carbons (Fsp3) is 0.533. The molecule has 2 rings (SSSR count). The first-order valence-electron chi connectivity index (χ1n) is 6.85. The summed E-state index contributed by atoms with van der Waals surface area (Å²) >= 11 is 0. The Bertz CT molecular complexity index is 432. The highest BCUT2D eigenvalue weighted by atomic mass is 19.1. The molecule has 1 heterocycles. The van der Waals surface area contributed by atoms with Crippen molar-refractivity contribution in [3.63, 3.8) is 0 Å². The van der Waals surface area contributed by atoms with Gasteiger partial charge >= 0.3 is 0 Å². The molecule has 3 nitrogen and oxygen atoms in total. The Balaban J connectivity index is 1.92. The van der Waals surface area contributed by atoms with Gasteiger partial charge in [0.05, 0.1) is 12.1 Å². The van der Waals surface area contributed by atoms with E-state index in [9.17, 15) is 9.18 Å². The molecule has 0 radical (unpaired) electrons. The van der Waals surface area contributed by atoms with Crippen LogP contribution in [0.15, 0.2) is 24.3 Å². The zero-order valence-electron chi connectivity index (χ0n) is 11.4. The van der Waals surface area contributed by atoms with E-state index >= 15 is 0 Å². The van der Waals surface area contributed by atoms with Gasteiger partial charge in [0.1, 0.15) is 5.82 Å². The van der Waals surface area contributed by atoms with Crippen LogP contribution in [0.25, 0.3) is 0 Å². The molecule has 1 aliphatic heterocycles. The molecule has 0 bridgehead atoms. The molecule has 2 N–H and O–H groups in total. The first-order valence-corrected chi connectivity index (χ1v) is 6.85. The summed E-state index contributed by atoms with van der Waals surface area (Å²) in [6.07, 6.45) is 2.00. The van der Waals surface area contributed by atoms with Crippen LogP contribution < -0.4 is 10.6 Å². The molecule has 4 heteroatoms. The quantitative estimate of drug-likeness (QED) is 0.880. The average Bonchev–Trinajstić information content (AvgIpc) is 2.39. The zero-order chi connectivity index (χ0) is 13.8. The van der Waals surface area contributed by atoms with Crippen LogP contribution in [-0.2, 0) is 4.79 Å². The number of nitrogens with one attached hydrogen (secondary N) is 2. The second-order valence-corrected chi connectivity index (χ2v) is 5.42. The molecule has 1 amide bonds. The molecule has 1 saturated heterocycles. The molecule has 19 heavy (non-hydrogen) atoms. The van der Waals surface area contributed by atoms with E-state index in [1.165, 1.54) is 12.1 Å². The first-order chi connectivity index (χ1) is 9.06. The highest BCUT2D eigenvalue weighted by Crippen LogP contribution is 2.17. The van der Waals surface area contributed by atoms with Crippen molar-refractivity contribution in [1.82, 2.24) is 10.6 Å². The predicted octanol–water partition coefficient (Wildman–Crippen LogP) is 2.39. The summed E-state index contributed by atoms with van der Waals surface area (Å²) in [6.45, 7) is 4.98. The van der Waals surface area contributed by atoms with Crippen molar-refractivity contribution in [1.29, 1.82) is 0 Å². The minimum atomic E-state index is -0.259. The van der Waals surface area contributed by atoms with Crippen LogP contribution in [0.1, 0.15) is 38.3 Å². The van der Waals surface area contributed by atoms with Crippen LogP contribution >= 0.6 is 0 Å². The van der Waals surface area contributed by atoms with E-state index < -0.39 is 0 Å². The van der Waals surface area contributed by atoms with Crippen molar-refractivity contribution >= 4 is 5.91 Å². The van der Waals surface area contributed by atoms with Gasteiger partial charge in [-0.1, -0.05) is 19.1 Å². The monoisotopic (exact) mass is 264 g/mol. The summed E-state index contributed by atoms with van der Waals surface area (Å²) < 4.78 is 12.8. The average molecular weight is 264 g/mol. The van der Waals surface area contributed by atoms with E-state index in [1.54, 1.807) is 12.1 Å². The van der Waals surface area contributed by atoms with Crippen LogP contribution in [-0.4, -0.2) is 18.5 Å². The van der Waals surface area contributed by atoms with Gasteiger partial charge in [-0.25, -0.2) is 4.39 Å². The topological polar surface area (TPSA) is 41.1 Å². The standard InChI is InChI=1S/C15H21FN2O/c1-10-7-8-17-14(9-10)15(19)18-11(2)12-3-5-13(16)6-4-12/h3-6,10-11,14,17H,7-9H2,1-2H3,(H,18,19). The van der Waals surface area contributed by atoms with E-state index in [0.717, 1.165) is 24.9 Å². The van der Waals surface area contributed by atoms with Gasteiger partial charge in [0.2, 0.25) is 5.91 Å². The van der Waals surface area contributed by atoms with E-state index in [1.807, 2.05) is 6.92 Å². The highest BCUT2D eigenvalue weighted by molar-refractivity contribution is 5.82. The lowest BCUT2D eigenvalue weighted by atomic mass is 9.93. The number of halogens is 1. The summed E-state index contributed by atoms with van der Waals surface area (Å²) in [5.41, 5.74) is 0.915. The Morgan fingerprint density at radius 2 is 2.11 bits per heavy atom. The normalized spacial score (nSPS) is 24.8. The van der Waals surface area contributed by atoms with Crippen LogP contribution in [0, 0.1) is 11.7 Å². The van der Waals surface area contributed by atoms with Gasteiger partial charge in [-0.3, -0.25) is 4.79 Å². The molecule has 1 aromatic rings. The summed E-state index contributed by atoms with van der Waals surface area (Å²) in [5.74, 6) is 0.353. The third-order valence-corrected chi connectivity index (χ3v) is 3.71. The Morgan fingerprint density at radius 3 is 2.74 bits per heavy atom. The van der Waals surface area contributed by atoms with Crippen LogP contribution in [0.5, 0.6) is 0 Å². The Morgan fingerprint density at radius 1 is 1.42 bits per heavy atom. The van der Waals surface area contributed by atoms with Gasteiger partial charge in [-0.15, -0.1) is 0 Å². The van der Waals surface area contributed by atoms with Gasteiger partial charge in [-0.2, -0.15) is 0 Å². The lowest BCUT2D eigenvalue weighted by Gasteiger charge is -2.28. The van der Waals surface area contributed by atoms with Gasteiger partial charge < -0.3 is 10.6 Å². The van der Waals surface area contributed by atoms with E-state index in [-0.39, 0.29) is 23.8 Å². The minimum Gasteiger partial charge on any atom is -0.348 e. The number of carbonyl (C=O) groups excluding carboxylic acids is 1. The van der Waals surface area contributed by atoms with Crippen molar-refractivity contribution in [2.75, 3.05) is 6.54 Å². The molecule has 3 unspecified atom stereocenters. The summed E-state index contributed by atoms with van der Waals surface area (Å²) in [7, 11) is 0. The van der Waals surface area contributed by atoms with Crippen LogP contribution in [0.3, 0.4) is 0 Å². The number of amides is 1. The molecular weight excluding hydrogens is 243 g/mol. The molecule has 104 valence electrons. The lowest BCUT2D eigenvalue weighted by molar-refractivity contribution is -0.124. The van der Waals surface area contributed by atoms with Gasteiger partial charge in [0, 0.05) is 0 Å². The van der Waals surface area contributed by atoms with Crippen molar-refractivity contribution in [3.05, 3.63) is 35.6 Å². The third-order valence-electron chi connectivity index (χ3n) is 3.71. The summed E-state index contributed by atoms with van der Waals surface area (Å²) in [6, 6.07) is 6.03. The van der Waals surface area contributed by atoms with Crippen molar-refractivity contribution in [2.24, 2.45) is 5.92 Å². The number of carbonyl (C=O) groups is 1. The maximum atomic E-state index is 12.8. The Hall–Kier alpha value is -1.42. The summed E-state index contributed by atoms with van der Waals surface area (Å²) in [4.78, 5) is 12.1. The van der Waals surface area contributed by atoms with E-state index in [0.29, 0.717) is 5.92 Å². The Kier molecular flexibility index (Phi) is 4.53. The van der Waals surface area contributed by atoms with Gasteiger partial charge in [0.25, 0.3) is 0 Å². The van der Waals surface area contributed by atoms with Crippen molar-refractivity contribution < 1.29 is 9.18 Å². The van der Waals surface area contributed by atoms with Crippen LogP contribution in [0.2, 0.25) is 0 Å². The zero-order valence-corrected chi connectivity index (χ0v) is 11.4. The SMILES string of the molecule is CC1CCNC(C(=O)NC(C)c2ccc(F)cc2)C1. The highest BCUT2D eigenvalue weighted by Gasteiger charge is 2.25.